The lowest BCUT2D eigenvalue weighted by atomic mass is 10.1. The summed E-state index contributed by atoms with van der Waals surface area (Å²) < 4.78 is 14.8. The molecular weight excluding hydrogens is 345 g/mol. The summed E-state index contributed by atoms with van der Waals surface area (Å²) in [6.45, 7) is 1.87. The van der Waals surface area contributed by atoms with Crippen LogP contribution in [0.1, 0.15) is 16.1 Å². The largest absolute Gasteiger partial charge is 0.305 e. The second kappa shape index (κ2) is 6.60. The molecule has 134 valence electrons. The van der Waals surface area contributed by atoms with E-state index in [1.807, 2.05) is 25.1 Å². The molecule has 0 saturated heterocycles. The van der Waals surface area contributed by atoms with Gasteiger partial charge in [0.25, 0.3) is 5.91 Å². The van der Waals surface area contributed by atoms with Crippen LogP contribution in [-0.4, -0.2) is 25.7 Å². The number of anilines is 1. The molecule has 1 aromatic carbocycles. The van der Waals surface area contributed by atoms with Crippen LogP contribution in [0.5, 0.6) is 0 Å². The molecule has 0 aliphatic rings. The van der Waals surface area contributed by atoms with E-state index in [-0.39, 0.29) is 11.7 Å². The molecule has 0 aliphatic heterocycles. The van der Waals surface area contributed by atoms with Crippen LogP contribution >= 0.6 is 0 Å². The third-order valence-corrected chi connectivity index (χ3v) is 4.31. The fraction of sp³-hybridized carbons (Fsp3) is 0.100. The number of aryl methyl sites for hydroxylation is 2. The van der Waals surface area contributed by atoms with Gasteiger partial charge in [-0.25, -0.2) is 14.4 Å². The quantitative estimate of drug-likeness (QED) is 0.603. The van der Waals surface area contributed by atoms with Crippen molar-refractivity contribution in [2.75, 3.05) is 5.32 Å². The van der Waals surface area contributed by atoms with E-state index in [4.69, 9.17) is 0 Å². The van der Waals surface area contributed by atoms with Crippen molar-refractivity contribution < 1.29 is 9.18 Å². The highest BCUT2D eigenvalue weighted by Crippen LogP contribution is 2.24. The van der Waals surface area contributed by atoms with Crippen molar-refractivity contribution in [3.8, 4) is 11.3 Å². The van der Waals surface area contributed by atoms with Crippen molar-refractivity contribution in [1.29, 1.82) is 0 Å². The van der Waals surface area contributed by atoms with Crippen LogP contribution < -0.4 is 5.32 Å². The van der Waals surface area contributed by atoms with Crippen LogP contribution in [-0.2, 0) is 7.05 Å². The Balaban J connectivity index is 1.62. The van der Waals surface area contributed by atoms with Crippen LogP contribution in [0.15, 0.2) is 54.9 Å². The second-order valence-corrected chi connectivity index (χ2v) is 6.22. The predicted octanol–water partition coefficient (Wildman–Crippen LogP) is 3.73. The number of hydrogen-bond donors (Lipinski definition) is 1. The molecule has 1 N–H and O–H groups in total. The average molecular weight is 361 g/mol. The summed E-state index contributed by atoms with van der Waals surface area (Å²) in [5.41, 5.74) is 3.51. The molecule has 0 atom stereocenters. The SMILES string of the molecule is Cc1cc(-c2ccc3cc(F)ccc3n2)cnc1NC(=O)c1ccnn1C. The molecule has 0 aliphatic carbocycles. The molecule has 4 aromatic rings. The Kier molecular flexibility index (Phi) is 4.12. The van der Waals surface area contributed by atoms with Gasteiger partial charge in [0.15, 0.2) is 0 Å². The van der Waals surface area contributed by atoms with Crippen molar-refractivity contribution in [1.82, 2.24) is 19.7 Å². The average Bonchev–Trinajstić information content (AvgIpc) is 3.09. The molecule has 3 aromatic heterocycles. The number of amides is 1. The first-order chi connectivity index (χ1) is 13.0. The summed E-state index contributed by atoms with van der Waals surface area (Å²) in [6, 6.07) is 11.7. The number of hydrogen-bond acceptors (Lipinski definition) is 4. The van der Waals surface area contributed by atoms with E-state index in [1.165, 1.54) is 16.8 Å². The number of halogens is 1. The van der Waals surface area contributed by atoms with Gasteiger partial charge in [-0.15, -0.1) is 0 Å². The molecule has 1 amide bonds. The third kappa shape index (κ3) is 3.27. The number of carbonyl (C=O) groups is 1. The Morgan fingerprint density at radius 1 is 1.15 bits per heavy atom. The van der Waals surface area contributed by atoms with E-state index in [2.05, 4.69) is 20.4 Å². The summed E-state index contributed by atoms with van der Waals surface area (Å²) in [7, 11) is 1.70. The number of aromatic nitrogens is 4. The van der Waals surface area contributed by atoms with Gasteiger partial charge in [0, 0.05) is 30.4 Å². The predicted molar refractivity (Wildman–Crippen MR) is 101 cm³/mol. The molecule has 0 radical (unpaired) electrons. The molecule has 0 spiro atoms. The standard InChI is InChI=1S/C20H16FN5O/c1-12-9-14(17-5-3-13-10-15(21)4-6-16(13)24-17)11-22-19(12)25-20(27)18-7-8-23-26(18)2/h3-11H,1-2H3,(H,22,25,27). The molecule has 6 nitrogen and oxygen atoms in total. The molecule has 0 bridgehead atoms. The number of rotatable bonds is 3. The topological polar surface area (TPSA) is 72.7 Å². The van der Waals surface area contributed by atoms with Gasteiger partial charge < -0.3 is 5.32 Å². The highest BCUT2D eigenvalue weighted by Gasteiger charge is 2.13. The Bertz CT molecular complexity index is 1170. The summed E-state index contributed by atoms with van der Waals surface area (Å²) in [4.78, 5) is 21.3. The summed E-state index contributed by atoms with van der Waals surface area (Å²) in [6.07, 6.45) is 3.22. The van der Waals surface area contributed by atoms with Gasteiger partial charge in [-0.3, -0.25) is 9.48 Å². The second-order valence-electron chi connectivity index (χ2n) is 6.22. The van der Waals surface area contributed by atoms with Gasteiger partial charge in [0.05, 0.1) is 11.2 Å². The molecule has 0 saturated carbocycles. The Hall–Kier alpha value is -3.61. The van der Waals surface area contributed by atoms with E-state index < -0.39 is 0 Å². The molecule has 7 heteroatoms. The van der Waals surface area contributed by atoms with E-state index in [0.29, 0.717) is 17.0 Å². The maximum absolute atomic E-state index is 13.3. The van der Waals surface area contributed by atoms with Crippen molar-refractivity contribution in [3.05, 3.63) is 71.9 Å². The van der Waals surface area contributed by atoms with Crippen LogP contribution in [0, 0.1) is 12.7 Å². The number of pyridine rings is 2. The van der Waals surface area contributed by atoms with Crippen LogP contribution in [0.25, 0.3) is 22.2 Å². The first-order valence-electron chi connectivity index (χ1n) is 8.34. The lowest BCUT2D eigenvalue weighted by Crippen LogP contribution is -2.17. The summed E-state index contributed by atoms with van der Waals surface area (Å²) in [5.74, 6) is -0.0832. The number of nitrogens with one attached hydrogen (secondary N) is 1. The lowest BCUT2D eigenvalue weighted by Gasteiger charge is -2.10. The van der Waals surface area contributed by atoms with Gasteiger partial charge in [-0.1, -0.05) is 6.07 Å². The monoisotopic (exact) mass is 361 g/mol. The summed E-state index contributed by atoms with van der Waals surface area (Å²) in [5, 5.41) is 7.52. The maximum Gasteiger partial charge on any atom is 0.275 e. The molecule has 4 rings (SSSR count). The van der Waals surface area contributed by atoms with Crippen molar-refractivity contribution in [2.24, 2.45) is 7.05 Å². The van der Waals surface area contributed by atoms with Gasteiger partial charge in [0.2, 0.25) is 0 Å². The van der Waals surface area contributed by atoms with E-state index >= 15 is 0 Å². The Morgan fingerprint density at radius 3 is 2.74 bits per heavy atom. The zero-order valence-electron chi connectivity index (χ0n) is 14.8. The zero-order chi connectivity index (χ0) is 19.0. The highest BCUT2D eigenvalue weighted by molar-refractivity contribution is 6.02. The third-order valence-electron chi connectivity index (χ3n) is 4.31. The highest BCUT2D eigenvalue weighted by atomic mass is 19.1. The smallest absolute Gasteiger partial charge is 0.275 e. The van der Waals surface area contributed by atoms with E-state index in [0.717, 1.165) is 22.2 Å². The minimum Gasteiger partial charge on any atom is -0.305 e. The van der Waals surface area contributed by atoms with Crippen LogP contribution in [0.2, 0.25) is 0 Å². The first kappa shape index (κ1) is 16.8. The molecular formula is C20H16FN5O. The van der Waals surface area contributed by atoms with Gasteiger partial charge in [0.1, 0.15) is 17.3 Å². The van der Waals surface area contributed by atoms with Crippen LogP contribution in [0.3, 0.4) is 0 Å². The normalized spacial score (nSPS) is 10.9. The van der Waals surface area contributed by atoms with E-state index in [1.54, 1.807) is 31.6 Å². The number of fused-ring (bicyclic) bond motifs is 1. The molecule has 3 heterocycles. The fourth-order valence-corrected chi connectivity index (χ4v) is 2.87. The summed E-state index contributed by atoms with van der Waals surface area (Å²) >= 11 is 0. The van der Waals surface area contributed by atoms with Crippen molar-refractivity contribution >= 4 is 22.6 Å². The number of carbonyl (C=O) groups excluding carboxylic acids is 1. The lowest BCUT2D eigenvalue weighted by molar-refractivity contribution is 0.101. The van der Waals surface area contributed by atoms with Crippen molar-refractivity contribution in [3.63, 3.8) is 0 Å². The molecule has 0 unspecified atom stereocenters. The van der Waals surface area contributed by atoms with Gasteiger partial charge >= 0.3 is 0 Å². The van der Waals surface area contributed by atoms with Gasteiger partial charge in [-0.05, 0) is 48.9 Å². The van der Waals surface area contributed by atoms with Crippen molar-refractivity contribution in [2.45, 2.75) is 6.92 Å². The zero-order valence-corrected chi connectivity index (χ0v) is 14.8. The minimum atomic E-state index is -0.289. The van der Waals surface area contributed by atoms with E-state index in [9.17, 15) is 9.18 Å². The van der Waals surface area contributed by atoms with Gasteiger partial charge in [-0.2, -0.15) is 5.10 Å². The first-order valence-corrected chi connectivity index (χ1v) is 8.34. The molecule has 0 fully saturated rings. The number of benzene rings is 1. The Labute approximate surface area is 154 Å². The number of nitrogens with zero attached hydrogens (tertiary/aromatic N) is 4. The Morgan fingerprint density at radius 2 is 2.00 bits per heavy atom. The van der Waals surface area contributed by atoms with Crippen LogP contribution in [0.4, 0.5) is 10.2 Å². The minimum absolute atomic E-state index is 0.274. The molecule has 27 heavy (non-hydrogen) atoms. The fourth-order valence-electron chi connectivity index (χ4n) is 2.87. The maximum atomic E-state index is 13.3.